The van der Waals surface area contributed by atoms with Crippen molar-refractivity contribution in [2.45, 2.75) is 0 Å². The van der Waals surface area contributed by atoms with Gasteiger partial charge in [-0.1, -0.05) is 15.9 Å². The second-order valence-electron chi connectivity index (χ2n) is 3.13. The maximum atomic E-state index is 11.2. The fourth-order valence-corrected chi connectivity index (χ4v) is 1.80. The first-order chi connectivity index (χ1) is 6.94. The van der Waals surface area contributed by atoms with Crippen LogP contribution in [0.2, 0.25) is 0 Å². The predicted octanol–water partition coefficient (Wildman–Crippen LogP) is 1.24. The summed E-state index contributed by atoms with van der Waals surface area (Å²) < 4.78 is 24.6. The van der Waals surface area contributed by atoms with E-state index in [1.165, 1.54) is 6.20 Å². The van der Waals surface area contributed by atoms with E-state index in [0.717, 1.165) is 5.82 Å². The number of sulfonamides is 1. The second kappa shape index (κ2) is 4.80. The van der Waals surface area contributed by atoms with Crippen molar-refractivity contribution in [3.63, 3.8) is 0 Å². The highest BCUT2D eigenvalue weighted by atomic mass is 79.9. The molecule has 1 aromatic rings. The fourth-order valence-electron chi connectivity index (χ4n) is 0.918. The maximum absolute atomic E-state index is 11.2. The number of pyridine rings is 1. The predicted molar refractivity (Wildman–Crippen MR) is 64.9 cm³/mol. The van der Waals surface area contributed by atoms with Crippen molar-refractivity contribution >= 4 is 37.5 Å². The molecule has 0 aromatic carbocycles. The molecule has 0 aliphatic carbocycles. The van der Waals surface area contributed by atoms with Crippen LogP contribution in [0.3, 0.4) is 0 Å². The van der Waals surface area contributed by atoms with E-state index in [2.05, 4.69) is 25.6 Å². The maximum Gasteiger partial charge on any atom is 0.242 e. The van der Waals surface area contributed by atoms with E-state index in [1.54, 1.807) is 12.1 Å². The summed E-state index contributed by atoms with van der Waals surface area (Å²) in [6.45, 7) is 0. The number of aromatic nitrogens is 1. The van der Waals surface area contributed by atoms with E-state index >= 15 is 0 Å². The van der Waals surface area contributed by atoms with E-state index in [0.29, 0.717) is 5.69 Å². The van der Waals surface area contributed by atoms with Gasteiger partial charge in [-0.25, -0.2) is 13.4 Å². The van der Waals surface area contributed by atoms with Crippen LogP contribution in [-0.4, -0.2) is 32.2 Å². The Morgan fingerprint density at radius 1 is 1.47 bits per heavy atom. The lowest BCUT2D eigenvalue weighted by Gasteiger charge is -2.11. The average molecular weight is 294 g/mol. The van der Waals surface area contributed by atoms with Crippen LogP contribution in [0.4, 0.5) is 11.5 Å². The lowest BCUT2D eigenvalue weighted by molar-refractivity contribution is 0.606. The molecule has 0 fully saturated rings. The SMILES string of the molecule is CN(C)c1ccc(NS(=O)(=O)CBr)cn1. The number of anilines is 2. The molecule has 0 aliphatic rings. The molecule has 0 spiro atoms. The van der Waals surface area contributed by atoms with Gasteiger partial charge in [0, 0.05) is 14.1 Å². The highest BCUT2D eigenvalue weighted by molar-refractivity contribution is 9.10. The molecular formula is C8H12BrN3O2S. The normalized spacial score (nSPS) is 11.1. The summed E-state index contributed by atoms with van der Waals surface area (Å²) in [6.07, 6.45) is 1.48. The molecular weight excluding hydrogens is 282 g/mol. The van der Waals surface area contributed by atoms with Crippen LogP contribution in [0.5, 0.6) is 0 Å². The highest BCUT2D eigenvalue weighted by Gasteiger charge is 2.07. The van der Waals surface area contributed by atoms with E-state index < -0.39 is 10.0 Å². The molecule has 0 radical (unpaired) electrons. The van der Waals surface area contributed by atoms with Crippen molar-refractivity contribution in [3.8, 4) is 0 Å². The van der Waals surface area contributed by atoms with Gasteiger partial charge in [0.05, 0.1) is 11.9 Å². The molecule has 0 unspecified atom stereocenters. The van der Waals surface area contributed by atoms with Gasteiger partial charge in [-0.05, 0) is 12.1 Å². The van der Waals surface area contributed by atoms with Crippen molar-refractivity contribution < 1.29 is 8.42 Å². The summed E-state index contributed by atoms with van der Waals surface area (Å²) in [5.41, 5.74) is 0.458. The summed E-state index contributed by atoms with van der Waals surface area (Å²) in [5, 5.41) is 0. The Labute approximate surface area is 97.7 Å². The first kappa shape index (κ1) is 12.3. The van der Waals surface area contributed by atoms with E-state index in [9.17, 15) is 8.42 Å². The number of hydrogen-bond donors (Lipinski definition) is 1. The average Bonchev–Trinajstić information content (AvgIpc) is 2.18. The molecule has 5 nitrogen and oxygen atoms in total. The molecule has 0 saturated heterocycles. The molecule has 1 N–H and O–H groups in total. The number of rotatable bonds is 4. The van der Waals surface area contributed by atoms with E-state index in [-0.39, 0.29) is 4.66 Å². The molecule has 7 heteroatoms. The third-order valence-electron chi connectivity index (χ3n) is 1.62. The van der Waals surface area contributed by atoms with Gasteiger partial charge in [0.15, 0.2) is 0 Å². The third-order valence-corrected chi connectivity index (χ3v) is 4.27. The Kier molecular flexibility index (Phi) is 3.92. The lowest BCUT2D eigenvalue weighted by atomic mass is 10.4. The van der Waals surface area contributed by atoms with Gasteiger partial charge in [-0.3, -0.25) is 4.72 Å². The molecule has 84 valence electrons. The first-order valence-corrected chi connectivity index (χ1v) is 6.92. The summed E-state index contributed by atoms with van der Waals surface area (Å²) in [4.78, 5) is 5.92. The monoisotopic (exact) mass is 293 g/mol. The van der Waals surface area contributed by atoms with Gasteiger partial charge in [0.1, 0.15) is 10.5 Å². The molecule has 0 atom stereocenters. The number of alkyl halides is 1. The summed E-state index contributed by atoms with van der Waals surface area (Å²) in [7, 11) is 0.439. The van der Waals surface area contributed by atoms with Crippen LogP contribution in [-0.2, 0) is 10.0 Å². The van der Waals surface area contributed by atoms with Crippen LogP contribution in [0, 0.1) is 0 Å². The largest absolute Gasteiger partial charge is 0.363 e. The van der Waals surface area contributed by atoms with Gasteiger partial charge in [0.25, 0.3) is 0 Å². The van der Waals surface area contributed by atoms with E-state index in [4.69, 9.17) is 0 Å². The van der Waals surface area contributed by atoms with Crippen LogP contribution in [0.15, 0.2) is 18.3 Å². The van der Waals surface area contributed by atoms with Gasteiger partial charge >= 0.3 is 0 Å². The van der Waals surface area contributed by atoms with Crippen molar-refractivity contribution in [1.29, 1.82) is 0 Å². The Morgan fingerprint density at radius 2 is 2.13 bits per heavy atom. The quantitative estimate of drug-likeness (QED) is 0.849. The third kappa shape index (κ3) is 3.67. The highest BCUT2D eigenvalue weighted by Crippen LogP contribution is 2.13. The minimum atomic E-state index is -3.29. The lowest BCUT2D eigenvalue weighted by Crippen LogP contribution is -2.14. The van der Waals surface area contributed by atoms with Crippen LogP contribution in [0.1, 0.15) is 0 Å². The van der Waals surface area contributed by atoms with Gasteiger partial charge in [-0.2, -0.15) is 0 Å². The fraction of sp³-hybridized carbons (Fsp3) is 0.375. The molecule has 0 bridgehead atoms. The van der Waals surface area contributed by atoms with Gasteiger partial charge in [0.2, 0.25) is 10.0 Å². The van der Waals surface area contributed by atoms with Crippen LogP contribution < -0.4 is 9.62 Å². The smallest absolute Gasteiger partial charge is 0.242 e. The van der Waals surface area contributed by atoms with Crippen molar-refractivity contribution in [3.05, 3.63) is 18.3 Å². The van der Waals surface area contributed by atoms with Crippen molar-refractivity contribution in [2.75, 3.05) is 28.4 Å². The Bertz CT molecular complexity index is 416. The van der Waals surface area contributed by atoms with Crippen LogP contribution >= 0.6 is 15.9 Å². The molecule has 1 rings (SSSR count). The number of hydrogen-bond acceptors (Lipinski definition) is 4. The minimum Gasteiger partial charge on any atom is -0.363 e. The Hall–Kier alpha value is -0.820. The molecule has 1 heterocycles. The topological polar surface area (TPSA) is 62.3 Å². The molecule has 1 aromatic heterocycles. The molecule has 0 amide bonds. The van der Waals surface area contributed by atoms with Gasteiger partial charge in [-0.15, -0.1) is 0 Å². The standard InChI is InChI=1S/C8H12BrN3O2S/c1-12(2)8-4-3-7(5-10-8)11-15(13,14)6-9/h3-5,11H,6H2,1-2H3. The van der Waals surface area contributed by atoms with E-state index in [1.807, 2.05) is 19.0 Å². The number of nitrogens with zero attached hydrogens (tertiary/aromatic N) is 2. The van der Waals surface area contributed by atoms with Gasteiger partial charge < -0.3 is 4.90 Å². The summed E-state index contributed by atoms with van der Waals surface area (Å²) in [6, 6.07) is 3.41. The van der Waals surface area contributed by atoms with Crippen molar-refractivity contribution in [1.82, 2.24) is 4.98 Å². The first-order valence-electron chi connectivity index (χ1n) is 4.14. The minimum absolute atomic E-state index is 0.130. The summed E-state index contributed by atoms with van der Waals surface area (Å²) in [5.74, 6) is 0.775. The Balaban J connectivity index is 2.82. The second-order valence-corrected chi connectivity index (χ2v) is 6.15. The zero-order chi connectivity index (χ0) is 11.5. The van der Waals surface area contributed by atoms with Crippen molar-refractivity contribution in [2.24, 2.45) is 0 Å². The van der Waals surface area contributed by atoms with Crippen LogP contribution in [0.25, 0.3) is 0 Å². The zero-order valence-corrected chi connectivity index (χ0v) is 10.8. The number of halogens is 1. The molecule has 15 heavy (non-hydrogen) atoms. The number of nitrogens with one attached hydrogen (secondary N) is 1. The molecule has 0 aliphatic heterocycles. The zero-order valence-electron chi connectivity index (χ0n) is 8.44. The summed E-state index contributed by atoms with van der Waals surface area (Å²) >= 11 is 2.89. The Morgan fingerprint density at radius 3 is 2.53 bits per heavy atom. The molecule has 0 saturated carbocycles.